The molecular weight excluding hydrogens is 377 g/mol. The number of hydrogen-bond acceptors (Lipinski definition) is 7. The van der Waals surface area contributed by atoms with Gasteiger partial charge in [0.15, 0.2) is 11.5 Å². The lowest BCUT2D eigenvalue weighted by atomic mass is 10.0. The number of halogens is 1. The lowest BCUT2D eigenvalue weighted by molar-refractivity contribution is -0.119. The molecule has 1 aromatic carbocycles. The predicted octanol–water partition coefficient (Wildman–Crippen LogP) is 1.93. The highest BCUT2D eigenvalue weighted by Crippen LogP contribution is 2.23. The maximum Gasteiger partial charge on any atom is 0.271 e. The van der Waals surface area contributed by atoms with E-state index in [0.717, 1.165) is 0 Å². The fraction of sp³-hybridized carbons (Fsp3) is 0.211. The number of primary amides is 2. The molecule has 0 radical (unpaired) electrons. The van der Waals surface area contributed by atoms with Gasteiger partial charge in [0, 0.05) is 5.39 Å². The molecule has 2 aromatic heterocycles. The number of hydrogen-bond donors (Lipinski definition) is 4. The summed E-state index contributed by atoms with van der Waals surface area (Å²) in [6.45, 7) is 3.65. The Morgan fingerprint density at radius 3 is 2.52 bits per heavy atom. The maximum absolute atomic E-state index is 13.5. The van der Waals surface area contributed by atoms with E-state index in [0.29, 0.717) is 16.6 Å². The minimum Gasteiger partial charge on any atom is -0.368 e. The van der Waals surface area contributed by atoms with Crippen LogP contribution < -0.4 is 22.1 Å². The average Bonchev–Trinajstić information content (AvgIpc) is 2.65. The normalized spacial score (nSPS) is 12.0. The number of nitrogens with zero attached hydrogens (tertiary/aromatic N) is 3. The SMILES string of the molecule is CC(C)C(Nc1cnc(C(N)=O)c(Nc2cnc3ccc(F)cc3c2)n1)C(N)=O. The number of carbonyl (C=O) groups excluding carboxylic acids is 2. The third-order valence-corrected chi connectivity index (χ3v) is 4.19. The molecule has 10 heteroatoms. The van der Waals surface area contributed by atoms with Gasteiger partial charge in [0.05, 0.1) is 23.6 Å². The minimum absolute atomic E-state index is 0.0621. The van der Waals surface area contributed by atoms with Gasteiger partial charge in [-0.3, -0.25) is 14.6 Å². The van der Waals surface area contributed by atoms with Gasteiger partial charge in [-0.25, -0.2) is 14.4 Å². The highest BCUT2D eigenvalue weighted by Gasteiger charge is 2.21. The Morgan fingerprint density at radius 2 is 1.86 bits per heavy atom. The zero-order valence-corrected chi connectivity index (χ0v) is 15.8. The Balaban J connectivity index is 1.96. The first-order valence-corrected chi connectivity index (χ1v) is 8.79. The smallest absolute Gasteiger partial charge is 0.271 e. The molecule has 29 heavy (non-hydrogen) atoms. The Kier molecular flexibility index (Phi) is 5.53. The fourth-order valence-electron chi connectivity index (χ4n) is 2.76. The van der Waals surface area contributed by atoms with Gasteiger partial charge < -0.3 is 22.1 Å². The summed E-state index contributed by atoms with van der Waals surface area (Å²) in [4.78, 5) is 35.9. The zero-order valence-electron chi connectivity index (χ0n) is 15.8. The Bertz CT molecular complexity index is 1090. The molecule has 2 amide bonds. The van der Waals surface area contributed by atoms with Crippen molar-refractivity contribution in [1.82, 2.24) is 15.0 Å². The summed E-state index contributed by atoms with van der Waals surface area (Å²) < 4.78 is 13.5. The van der Waals surface area contributed by atoms with Gasteiger partial charge in [-0.1, -0.05) is 13.8 Å². The minimum atomic E-state index is -0.790. The molecule has 1 atom stereocenters. The summed E-state index contributed by atoms with van der Waals surface area (Å²) in [6, 6.07) is 5.19. The molecule has 9 nitrogen and oxygen atoms in total. The van der Waals surface area contributed by atoms with Gasteiger partial charge >= 0.3 is 0 Å². The molecule has 0 fully saturated rings. The third-order valence-electron chi connectivity index (χ3n) is 4.19. The molecule has 0 aliphatic rings. The van der Waals surface area contributed by atoms with E-state index in [2.05, 4.69) is 25.6 Å². The van der Waals surface area contributed by atoms with Gasteiger partial charge in [0.2, 0.25) is 5.91 Å². The second-order valence-electron chi connectivity index (χ2n) is 6.77. The molecule has 6 N–H and O–H groups in total. The van der Waals surface area contributed by atoms with Crippen LogP contribution in [0, 0.1) is 11.7 Å². The highest BCUT2D eigenvalue weighted by atomic mass is 19.1. The monoisotopic (exact) mass is 397 g/mol. The quantitative estimate of drug-likeness (QED) is 0.476. The van der Waals surface area contributed by atoms with Gasteiger partial charge in [0.1, 0.15) is 17.7 Å². The van der Waals surface area contributed by atoms with E-state index < -0.39 is 23.7 Å². The Hall–Kier alpha value is -3.82. The lowest BCUT2D eigenvalue weighted by Crippen LogP contribution is -2.39. The summed E-state index contributed by atoms with van der Waals surface area (Å²) in [6.07, 6.45) is 2.80. The molecule has 3 rings (SSSR count). The number of nitrogens with one attached hydrogen (secondary N) is 2. The first-order valence-electron chi connectivity index (χ1n) is 8.79. The van der Waals surface area contributed by atoms with E-state index >= 15 is 0 Å². The van der Waals surface area contributed by atoms with Crippen LogP contribution in [0.15, 0.2) is 36.7 Å². The van der Waals surface area contributed by atoms with Crippen LogP contribution >= 0.6 is 0 Å². The number of pyridine rings is 1. The first kappa shape index (κ1) is 19.9. The second kappa shape index (κ2) is 8.05. The number of rotatable bonds is 7. The molecular formula is C19H20FN7O2. The summed E-state index contributed by atoms with van der Waals surface area (Å²) >= 11 is 0. The molecule has 0 aliphatic carbocycles. The molecule has 150 valence electrons. The van der Waals surface area contributed by atoms with Crippen LogP contribution in [0.5, 0.6) is 0 Å². The van der Waals surface area contributed by atoms with Crippen molar-refractivity contribution in [1.29, 1.82) is 0 Å². The number of amides is 2. The van der Waals surface area contributed by atoms with E-state index in [1.807, 2.05) is 13.8 Å². The molecule has 0 aliphatic heterocycles. The fourth-order valence-corrected chi connectivity index (χ4v) is 2.76. The molecule has 1 unspecified atom stereocenters. The van der Waals surface area contributed by atoms with Crippen molar-refractivity contribution in [2.75, 3.05) is 10.6 Å². The van der Waals surface area contributed by atoms with Crippen molar-refractivity contribution in [3.63, 3.8) is 0 Å². The zero-order chi connectivity index (χ0) is 21.1. The van der Waals surface area contributed by atoms with Crippen LogP contribution in [0.2, 0.25) is 0 Å². The van der Waals surface area contributed by atoms with E-state index in [9.17, 15) is 14.0 Å². The first-order chi connectivity index (χ1) is 13.7. The molecule has 3 aromatic rings. The molecule has 2 heterocycles. The third kappa shape index (κ3) is 4.54. The number of benzene rings is 1. The molecule has 0 bridgehead atoms. The van der Waals surface area contributed by atoms with Crippen LogP contribution in [0.25, 0.3) is 10.9 Å². The second-order valence-corrected chi connectivity index (χ2v) is 6.77. The molecule has 0 spiro atoms. The largest absolute Gasteiger partial charge is 0.368 e. The summed E-state index contributed by atoms with van der Waals surface area (Å²) in [7, 11) is 0. The predicted molar refractivity (Wildman–Crippen MR) is 107 cm³/mol. The van der Waals surface area contributed by atoms with Crippen molar-refractivity contribution in [3.05, 3.63) is 48.2 Å². The topological polar surface area (TPSA) is 149 Å². The van der Waals surface area contributed by atoms with Gasteiger partial charge in [-0.2, -0.15) is 0 Å². The average molecular weight is 397 g/mol. The van der Waals surface area contributed by atoms with Gasteiger partial charge in [-0.15, -0.1) is 0 Å². The van der Waals surface area contributed by atoms with Gasteiger partial charge in [0.25, 0.3) is 5.91 Å². The maximum atomic E-state index is 13.5. The van der Waals surface area contributed by atoms with Crippen LogP contribution in [-0.2, 0) is 4.79 Å². The summed E-state index contributed by atoms with van der Waals surface area (Å²) in [5, 5.41) is 6.39. The van der Waals surface area contributed by atoms with Crippen LogP contribution in [0.4, 0.5) is 21.7 Å². The van der Waals surface area contributed by atoms with E-state index in [4.69, 9.17) is 11.5 Å². The standard InChI is InChI=1S/C19H20FN7O2/c1-9(2)15(17(21)28)26-14-8-24-16(18(22)29)19(27-14)25-12-6-10-5-11(20)3-4-13(10)23-7-12/h3-9,15H,1-2H3,(H2,21,28)(H2,22,29)(H2,25,26,27). The van der Waals surface area contributed by atoms with Crippen molar-refractivity contribution in [2.24, 2.45) is 17.4 Å². The Morgan fingerprint density at radius 1 is 1.10 bits per heavy atom. The van der Waals surface area contributed by atoms with Crippen LogP contribution in [0.1, 0.15) is 24.3 Å². The van der Waals surface area contributed by atoms with Crippen molar-refractivity contribution < 1.29 is 14.0 Å². The number of carbonyl (C=O) groups is 2. The summed E-state index contributed by atoms with van der Waals surface area (Å²) in [5.74, 6) is -1.54. The van der Waals surface area contributed by atoms with E-state index in [1.54, 1.807) is 12.1 Å². The van der Waals surface area contributed by atoms with Gasteiger partial charge in [-0.05, 0) is 30.2 Å². The summed E-state index contributed by atoms with van der Waals surface area (Å²) in [5.41, 5.74) is 11.8. The van der Waals surface area contributed by atoms with Crippen molar-refractivity contribution in [2.45, 2.75) is 19.9 Å². The Labute approximate surface area is 165 Å². The number of fused-ring (bicyclic) bond motifs is 1. The van der Waals surface area contributed by atoms with Crippen molar-refractivity contribution in [3.8, 4) is 0 Å². The van der Waals surface area contributed by atoms with Crippen molar-refractivity contribution >= 4 is 40.0 Å². The molecule has 0 saturated carbocycles. The lowest BCUT2D eigenvalue weighted by Gasteiger charge is -2.20. The number of aromatic nitrogens is 3. The highest BCUT2D eigenvalue weighted by molar-refractivity contribution is 5.96. The van der Waals surface area contributed by atoms with E-state index in [1.165, 1.54) is 24.5 Å². The molecule has 0 saturated heterocycles. The van der Waals surface area contributed by atoms with Crippen LogP contribution in [-0.4, -0.2) is 32.8 Å². The number of anilines is 3. The van der Waals surface area contributed by atoms with E-state index in [-0.39, 0.29) is 23.2 Å². The van der Waals surface area contributed by atoms with Crippen LogP contribution in [0.3, 0.4) is 0 Å². The number of nitrogens with two attached hydrogens (primary N) is 2.